The Bertz CT molecular complexity index is 833. The first-order valence-corrected chi connectivity index (χ1v) is 6.54. The second-order valence-corrected chi connectivity index (χ2v) is 5.16. The van der Waals surface area contributed by atoms with E-state index in [1.807, 2.05) is 0 Å². The molecule has 12 heteroatoms. The summed E-state index contributed by atoms with van der Waals surface area (Å²) in [5.74, 6) is -3.59. The molecule has 2 aromatic rings. The van der Waals surface area contributed by atoms with Crippen molar-refractivity contribution in [3.63, 3.8) is 0 Å². The van der Waals surface area contributed by atoms with Gasteiger partial charge in [0, 0.05) is 0 Å². The summed E-state index contributed by atoms with van der Waals surface area (Å²) in [6.45, 7) is 0. The largest absolute Gasteiger partial charge is 0.434 e. The predicted octanol–water partition coefficient (Wildman–Crippen LogP) is 4.31. The molecule has 0 saturated heterocycles. The molecular weight excluding hydrogens is 420 g/mol. The Hall–Kier alpha value is -1.98. The predicted molar refractivity (Wildman–Crippen MR) is 67.5 cm³/mol. The van der Waals surface area contributed by atoms with Crippen molar-refractivity contribution in [3.05, 3.63) is 56.2 Å². The van der Waals surface area contributed by atoms with Crippen LogP contribution in [0.3, 0.4) is 0 Å². The summed E-state index contributed by atoms with van der Waals surface area (Å²) in [6.07, 6.45) is -9.90. The van der Waals surface area contributed by atoms with Crippen molar-refractivity contribution < 1.29 is 35.1 Å². The van der Waals surface area contributed by atoms with Crippen LogP contribution in [0.1, 0.15) is 11.3 Å². The third-order valence-electron chi connectivity index (χ3n) is 2.77. The molecule has 0 aliphatic carbocycles. The smallest absolute Gasteiger partial charge is 0.268 e. The van der Waals surface area contributed by atoms with Gasteiger partial charge in [0.1, 0.15) is 16.5 Å². The van der Waals surface area contributed by atoms with Crippen LogP contribution in [0.4, 0.5) is 35.1 Å². The fourth-order valence-corrected chi connectivity index (χ4v) is 2.27. The van der Waals surface area contributed by atoms with Gasteiger partial charge in [0.25, 0.3) is 5.56 Å². The number of aromatic nitrogens is 2. The Kier molecular flexibility index (Phi) is 4.46. The normalized spacial score (nSPS) is 12.5. The number of hydrogen-bond acceptors (Lipinski definition) is 2. The molecule has 1 aromatic heterocycles. The summed E-state index contributed by atoms with van der Waals surface area (Å²) in [7, 11) is 0. The molecular formula is C12H3BrF8N2O. The number of hydrogen-bond donors (Lipinski definition) is 0. The van der Waals surface area contributed by atoms with Gasteiger partial charge in [-0.05, 0) is 28.1 Å². The molecule has 0 radical (unpaired) electrons. The molecule has 0 atom stereocenters. The van der Waals surface area contributed by atoms with E-state index in [1.54, 1.807) is 0 Å². The quantitative estimate of drug-likeness (QED) is 0.642. The second-order valence-electron chi connectivity index (χ2n) is 4.37. The van der Waals surface area contributed by atoms with Crippen LogP contribution >= 0.6 is 15.9 Å². The Labute approximate surface area is 135 Å². The van der Waals surface area contributed by atoms with Crippen LogP contribution in [0, 0.1) is 11.6 Å². The molecule has 0 spiro atoms. The monoisotopic (exact) mass is 422 g/mol. The standard InChI is InChI=1S/C12H3BrF8N2O/c13-7-9(12(19,20)21)22-3-23(10(7)24)8-5(14)1-4(2-6(8)15)11(16,17)18/h1-3H. The van der Waals surface area contributed by atoms with Crippen LogP contribution in [0.5, 0.6) is 0 Å². The maximum atomic E-state index is 13.8. The van der Waals surface area contributed by atoms with Crippen molar-refractivity contribution in [2.45, 2.75) is 12.4 Å². The van der Waals surface area contributed by atoms with Gasteiger partial charge in [-0.1, -0.05) is 0 Å². The van der Waals surface area contributed by atoms with Crippen LogP contribution in [0.2, 0.25) is 0 Å². The number of rotatable bonds is 1. The van der Waals surface area contributed by atoms with E-state index in [4.69, 9.17) is 0 Å². The Morgan fingerprint density at radius 3 is 1.88 bits per heavy atom. The number of alkyl halides is 6. The first kappa shape index (κ1) is 18.4. The molecule has 0 amide bonds. The van der Waals surface area contributed by atoms with E-state index >= 15 is 0 Å². The lowest BCUT2D eigenvalue weighted by Gasteiger charge is -2.14. The fourth-order valence-electron chi connectivity index (χ4n) is 1.75. The van der Waals surface area contributed by atoms with Gasteiger partial charge >= 0.3 is 12.4 Å². The van der Waals surface area contributed by atoms with E-state index in [-0.39, 0.29) is 23.0 Å². The highest BCUT2D eigenvalue weighted by molar-refractivity contribution is 9.10. The van der Waals surface area contributed by atoms with E-state index < -0.39 is 51.0 Å². The van der Waals surface area contributed by atoms with Crippen molar-refractivity contribution in [2.75, 3.05) is 0 Å². The molecule has 0 N–H and O–H groups in total. The van der Waals surface area contributed by atoms with E-state index in [2.05, 4.69) is 20.9 Å². The minimum Gasteiger partial charge on any atom is -0.268 e. The summed E-state index contributed by atoms with van der Waals surface area (Å²) in [5.41, 5.74) is -6.13. The molecule has 130 valence electrons. The molecule has 0 aliphatic rings. The Balaban J connectivity index is 2.71. The van der Waals surface area contributed by atoms with Crippen molar-refractivity contribution in [2.24, 2.45) is 0 Å². The van der Waals surface area contributed by atoms with E-state index in [9.17, 15) is 39.9 Å². The van der Waals surface area contributed by atoms with Crippen molar-refractivity contribution in [1.82, 2.24) is 9.55 Å². The maximum absolute atomic E-state index is 13.8. The molecule has 0 fully saturated rings. The van der Waals surface area contributed by atoms with E-state index in [1.165, 1.54) is 0 Å². The minimum absolute atomic E-state index is 0.0319. The lowest BCUT2D eigenvalue weighted by Crippen LogP contribution is -2.26. The highest BCUT2D eigenvalue weighted by Gasteiger charge is 2.37. The van der Waals surface area contributed by atoms with E-state index in [0.717, 1.165) is 0 Å². The number of benzene rings is 1. The number of nitrogens with zero attached hydrogens (tertiary/aromatic N) is 2. The summed E-state index contributed by atoms with van der Waals surface area (Å²) in [4.78, 5) is 14.7. The van der Waals surface area contributed by atoms with Crippen LogP contribution < -0.4 is 5.56 Å². The van der Waals surface area contributed by atoms with Crippen LogP contribution in [-0.4, -0.2) is 9.55 Å². The third-order valence-corrected chi connectivity index (χ3v) is 3.49. The molecule has 1 heterocycles. The zero-order valence-electron chi connectivity index (χ0n) is 10.9. The second kappa shape index (κ2) is 5.83. The maximum Gasteiger partial charge on any atom is 0.434 e. The molecule has 1 aromatic carbocycles. The molecule has 2 rings (SSSR count). The summed E-state index contributed by atoms with van der Waals surface area (Å²) in [6, 6.07) is -0.174. The van der Waals surface area contributed by atoms with Gasteiger partial charge < -0.3 is 0 Å². The van der Waals surface area contributed by atoms with Crippen LogP contribution in [-0.2, 0) is 12.4 Å². The molecule has 3 nitrogen and oxygen atoms in total. The van der Waals surface area contributed by atoms with Crippen LogP contribution in [0.25, 0.3) is 5.69 Å². The summed E-state index contributed by atoms with van der Waals surface area (Å²) >= 11 is 2.32. The highest BCUT2D eigenvalue weighted by Crippen LogP contribution is 2.33. The van der Waals surface area contributed by atoms with Gasteiger partial charge in [-0.2, -0.15) is 26.3 Å². The topological polar surface area (TPSA) is 34.9 Å². The number of halogens is 9. The molecule has 0 bridgehead atoms. The van der Waals surface area contributed by atoms with Gasteiger partial charge in [-0.25, -0.2) is 13.8 Å². The van der Waals surface area contributed by atoms with Gasteiger partial charge in [-0.3, -0.25) is 9.36 Å². The van der Waals surface area contributed by atoms with Crippen molar-refractivity contribution >= 4 is 15.9 Å². The minimum atomic E-state index is -5.05. The zero-order chi connectivity index (χ0) is 18.4. The lowest BCUT2D eigenvalue weighted by molar-refractivity contribution is -0.142. The van der Waals surface area contributed by atoms with Crippen molar-refractivity contribution in [3.8, 4) is 5.69 Å². The van der Waals surface area contributed by atoms with Crippen LogP contribution in [0.15, 0.2) is 27.7 Å². The molecule has 24 heavy (non-hydrogen) atoms. The molecule has 0 saturated carbocycles. The summed E-state index contributed by atoms with van der Waals surface area (Å²) in [5, 5.41) is 0. The van der Waals surface area contributed by atoms with Crippen molar-refractivity contribution in [1.29, 1.82) is 0 Å². The summed E-state index contributed by atoms with van der Waals surface area (Å²) < 4.78 is 102. The Morgan fingerprint density at radius 1 is 0.958 bits per heavy atom. The average molecular weight is 423 g/mol. The average Bonchev–Trinajstić information content (AvgIpc) is 2.40. The third kappa shape index (κ3) is 3.28. The molecule has 0 aliphatic heterocycles. The first-order valence-electron chi connectivity index (χ1n) is 5.75. The first-order chi connectivity index (χ1) is 10.8. The zero-order valence-corrected chi connectivity index (χ0v) is 12.5. The Morgan fingerprint density at radius 2 is 1.46 bits per heavy atom. The highest BCUT2D eigenvalue weighted by atomic mass is 79.9. The SMILES string of the molecule is O=c1c(Br)c(C(F)(F)F)ncn1-c1c(F)cc(C(F)(F)F)cc1F. The van der Waals surface area contributed by atoms with Gasteiger partial charge in [0.05, 0.1) is 5.56 Å². The van der Waals surface area contributed by atoms with Gasteiger partial charge in [0.2, 0.25) is 0 Å². The van der Waals surface area contributed by atoms with Gasteiger partial charge in [-0.15, -0.1) is 0 Å². The van der Waals surface area contributed by atoms with Gasteiger partial charge in [0.15, 0.2) is 17.3 Å². The fraction of sp³-hybridized carbons (Fsp3) is 0.167. The lowest BCUT2D eigenvalue weighted by atomic mass is 10.1. The van der Waals surface area contributed by atoms with E-state index in [0.29, 0.717) is 0 Å². The molecule has 0 unspecified atom stereocenters.